The number of fused-ring (bicyclic) bond motifs is 4. The maximum absolute atomic E-state index is 13.2. The van der Waals surface area contributed by atoms with E-state index in [1.54, 1.807) is 6.07 Å². The molecule has 2 aromatic carbocycles. The van der Waals surface area contributed by atoms with Crippen LogP contribution >= 0.6 is 0 Å². The van der Waals surface area contributed by atoms with Crippen LogP contribution in [0.5, 0.6) is 5.75 Å². The first-order valence-electron chi connectivity index (χ1n) is 8.84. The Balaban J connectivity index is 1.90. The van der Waals surface area contributed by atoms with Crippen LogP contribution in [0.3, 0.4) is 0 Å². The highest BCUT2D eigenvalue weighted by Gasteiger charge is 2.59. The fourth-order valence-corrected chi connectivity index (χ4v) is 4.15. The zero-order valence-electron chi connectivity index (χ0n) is 14.2. The Hall–Kier alpha value is -2.80. The predicted octanol–water partition coefficient (Wildman–Crippen LogP) is 4.14. The minimum atomic E-state index is -0.855. The number of nitriles is 1. The first kappa shape index (κ1) is 15.7. The first-order chi connectivity index (χ1) is 12.2. The Bertz CT molecular complexity index is 884. The number of carbonyl (C=O) groups is 1. The molecule has 2 atom stereocenters. The van der Waals surface area contributed by atoms with Gasteiger partial charge >= 0.3 is 0 Å². The minimum absolute atomic E-state index is 0.0518. The van der Waals surface area contributed by atoms with Crippen molar-refractivity contribution in [2.45, 2.75) is 44.1 Å². The molecule has 0 saturated carbocycles. The third-order valence-electron chi connectivity index (χ3n) is 5.31. The molecule has 0 radical (unpaired) electrons. The number of para-hydroxylation sites is 1. The predicted molar refractivity (Wildman–Crippen MR) is 95.6 cm³/mol. The summed E-state index contributed by atoms with van der Waals surface area (Å²) >= 11 is 0. The zero-order valence-corrected chi connectivity index (χ0v) is 14.2. The maximum Gasteiger partial charge on any atom is 0.243 e. The standard InChI is InChI=1S/C21H20N2O2/c1-2-3-4-9-19-21(15-7-5-6-8-17(15)23-20(21)24)16-12-14(13-22)10-11-18(16)25-19/h5-8,10-12,19H,2-4,9H2,1H3,(H,23,24)/t19-,21?/m1/s1. The van der Waals surface area contributed by atoms with Crippen LogP contribution < -0.4 is 10.1 Å². The van der Waals surface area contributed by atoms with Crippen molar-refractivity contribution in [2.75, 3.05) is 5.32 Å². The van der Waals surface area contributed by atoms with E-state index in [1.807, 2.05) is 36.4 Å². The van der Waals surface area contributed by atoms with Crippen molar-refractivity contribution in [1.82, 2.24) is 0 Å². The van der Waals surface area contributed by atoms with Gasteiger partial charge in [-0.1, -0.05) is 38.0 Å². The molecular formula is C21H20N2O2. The first-order valence-corrected chi connectivity index (χ1v) is 8.84. The van der Waals surface area contributed by atoms with Crippen LogP contribution in [0.25, 0.3) is 0 Å². The summed E-state index contributed by atoms with van der Waals surface area (Å²) in [6.07, 6.45) is 3.81. The average molecular weight is 332 g/mol. The number of hydrogen-bond donors (Lipinski definition) is 1. The molecule has 25 heavy (non-hydrogen) atoms. The molecule has 2 aromatic rings. The van der Waals surface area contributed by atoms with Crippen molar-refractivity contribution in [3.63, 3.8) is 0 Å². The zero-order chi connectivity index (χ0) is 17.4. The van der Waals surface area contributed by atoms with Gasteiger partial charge in [-0.05, 0) is 42.7 Å². The van der Waals surface area contributed by atoms with E-state index in [-0.39, 0.29) is 12.0 Å². The minimum Gasteiger partial charge on any atom is -0.488 e. The van der Waals surface area contributed by atoms with E-state index in [0.29, 0.717) is 11.3 Å². The number of nitrogens with one attached hydrogen (secondary N) is 1. The summed E-state index contributed by atoms with van der Waals surface area (Å²) in [5.74, 6) is 0.663. The lowest BCUT2D eigenvalue weighted by atomic mass is 9.71. The molecule has 0 aliphatic carbocycles. The van der Waals surface area contributed by atoms with Crippen LogP contribution in [0.4, 0.5) is 5.69 Å². The van der Waals surface area contributed by atoms with Gasteiger partial charge in [0.2, 0.25) is 5.91 Å². The van der Waals surface area contributed by atoms with Gasteiger partial charge in [0, 0.05) is 11.3 Å². The summed E-state index contributed by atoms with van der Waals surface area (Å²) in [6, 6.07) is 15.4. The van der Waals surface area contributed by atoms with Crippen molar-refractivity contribution in [2.24, 2.45) is 0 Å². The molecule has 0 saturated heterocycles. The number of amides is 1. The molecule has 0 bridgehead atoms. The monoisotopic (exact) mass is 332 g/mol. The summed E-state index contributed by atoms with van der Waals surface area (Å²) in [6.45, 7) is 2.16. The third-order valence-corrected chi connectivity index (χ3v) is 5.31. The molecule has 4 nitrogen and oxygen atoms in total. The van der Waals surface area contributed by atoms with E-state index in [0.717, 1.165) is 42.5 Å². The number of anilines is 1. The van der Waals surface area contributed by atoms with Crippen molar-refractivity contribution in [1.29, 1.82) is 5.26 Å². The van der Waals surface area contributed by atoms with Crippen molar-refractivity contribution < 1.29 is 9.53 Å². The van der Waals surface area contributed by atoms with Crippen LogP contribution in [-0.4, -0.2) is 12.0 Å². The van der Waals surface area contributed by atoms with Crippen LogP contribution in [0.15, 0.2) is 42.5 Å². The highest BCUT2D eigenvalue weighted by Crippen LogP contribution is 2.54. The van der Waals surface area contributed by atoms with E-state index >= 15 is 0 Å². The average Bonchev–Trinajstić information content (AvgIpc) is 3.12. The molecule has 1 unspecified atom stereocenters. The second-order valence-electron chi connectivity index (χ2n) is 6.73. The smallest absolute Gasteiger partial charge is 0.243 e. The Morgan fingerprint density at radius 1 is 1.20 bits per heavy atom. The quantitative estimate of drug-likeness (QED) is 0.856. The van der Waals surface area contributed by atoms with Gasteiger partial charge in [0.1, 0.15) is 17.3 Å². The molecule has 2 heterocycles. The molecule has 126 valence electrons. The lowest BCUT2D eigenvalue weighted by molar-refractivity contribution is -0.121. The van der Waals surface area contributed by atoms with Gasteiger partial charge < -0.3 is 10.1 Å². The Morgan fingerprint density at radius 2 is 2.04 bits per heavy atom. The lowest BCUT2D eigenvalue weighted by Crippen LogP contribution is -2.45. The summed E-state index contributed by atoms with van der Waals surface area (Å²) in [4.78, 5) is 13.2. The lowest BCUT2D eigenvalue weighted by Gasteiger charge is -2.28. The van der Waals surface area contributed by atoms with E-state index in [1.165, 1.54) is 0 Å². The summed E-state index contributed by atoms with van der Waals surface area (Å²) in [5.41, 5.74) is 2.30. The summed E-state index contributed by atoms with van der Waals surface area (Å²) < 4.78 is 6.25. The fraction of sp³-hybridized carbons (Fsp3) is 0.333. The molecule has 0 fully saturated rings. The normalized spacial score (nSPS) is 22.9. The molecule has 4 heteroatoms. The van der Waals surface area contributed by atoms with Crippen molar-refractivity contribution in [3.8, 4) is 11.8 Å². The van der Waals surface area contributed by atoms with Gasteiger partial charge in [-0.15, -0.1) is 0 Å². The van der Waals surface area contributed by atoms with Crippen LogP contribution in [-0.2, 0) is 10.2 Å². The van der Waals surface area contributed by atoms with Crippen molar-refractivity contribution >= 4 is 11.6 Å². The van der Waals surface area contributed by atoms with Gasteiger partial charge in [0.25, 0.3) is 0 Å². The number of rotatable bonds is 4. The summed E-state index contributed by atoms with van der Waals surface area (Å²) in [5, 5.41) is 12.3. The largest absolute Gasteiger partial charge is 0.488 e. The van der Waals surface area contributed by atoms with Crippen molar-refractivity contribution in [3.05, 3.63) is 59.2 Å². The van der Waals surface area contributed by atoms with Crippen LogP contribution in [0.2, 0.25) is 0 Å². The molecule has 0 aromatic heterocycles. The van der Waals surface area contributed by atoms with Gasteiger partial charge in [-0.25, -0.2) is 0 Å². The third kappa shape index (κ3) is 2.16. The second-order valence-corrected chi connectivity index (χ2v) is 6.73. The summed E-state index contributed by atoms with van der Waals surface area (Å²) in [7, 11) is 0. The molecule has 2 aliphatic heterocycles. The highest BCUT2D eigenvalue weighted by atomic mass is 16.5. The van der Waals surface area contributed by atoms with E-state index in [4.69, 9.17) is 4.74 Å². The Morgan fingerprint density at radius 3 is 2.84 bits per heavy atom. The van der Waals surface area contributed by atoms with E-state index < -0.39 is 5.41 Å². The molecule has 2 aliphatic rings. The second kappa shape index (κ2) is 5.93. The molecule has 1 N–H and O–H groups in total. The maximum atomic E-state index is 13.2. The number of carbonyl (C=O) groups excluding carboxylic acids is 1. The Labute approximate surface area is 147 Å². The van der Waals surface area contributed by atoms with Gasteiger partial charge in [0.05, 0.1) is 11.6 Å². The van der Waals surface area contributed by atoms with E-state index in [2.05, 4.69) is 18.3 Å². The van der Waals surface area contributed by atoms with Crippen LogP contribution in [0, 0.1) is 11.3 Å². The van der Waals surface area contributed by atoms with Crippen LogP contribution in [0.1, 0.15) is 49.3 Å². The van der Waals surface area contributed by atoms with Gasteiger partial charge in [-0.3, -0.25) is 4.79 Å². The molecule has 4 rings (SSSR count). The number of nitrogens with zero attached hydrogens (tertiary/aromatic N) is 1. The molecule has 1 spiro atoms. The SMILES string of the molecule is CCCCC[C@H]1Oc2ccc(C#N)cc2C12C(=O)Nc1ccccc12. The number of unbranched alkanes of at least 4 members (excludes halogenated alkanes) is 2. The Kier molecular flexibility index (Phi) is 3.73. The number of benzene rings is 2. The topological polar surface area (TPSA) is 62.1 Å². The fourth-order valence-electron chi connectivity index (χ4n) is 4.15. The highest BCUT2D eigenvalue weighted by molar-refractivity contribution is 6.10. The van der Waals surface area contributed by atoms with Gasteiger partial charge in [0.15, 0.2) is 0 Å². The number of hydrogen-bond acceptors (Lipinski definition) is 3. The number of ether oxygens (including phenoxy) is 1. The van der Waals surface area contributed by atoms with Gasteiger partial charge in [-0.2, -0.15) is 5.26 Å². The molecule has 1 amide bonds. The van der Waals surface area contributed by atoms with E-state index in [9.17, 15) is 10.1 Å². The molecular weight excluding hydrogens is 312 g/mol.